The predicted molar refractivity (Wildman–Crippen MR) is 120 cm³/mol. The molecule has 1 atom stereocenters. The largest absolute Gasteiger partial charge is 0.507 e. The van der Waals surface area contributed by atoms with Crippen molar-refractivity contribution in [1.82, 2.24) is 0 Å². The second-order valence-corrected chi connectivity index (χ2v) is 8.99. The predicted octanol–water partition coefficient (Wildman–Crippen LogP) is 6.03. The molecule has 0 aliphatic heterocycles. The highest BCUT2D eigenvalue weighted by Gasteiger charge is 2.29. The van der Waals surface area contributed by atoms with Crippen LogP contribution in [0.15, 0.2) is 58.0 Å². The molecule has 1 unspecified atom stereocenters. The van der Waals surface area contributed by atoms with E-state index in [9.17, 15) is 9.90 Å². The molecule has 148 valence electrons. The standard InChI is InChI=1S/C23H20BrNO3S/c1-28-23(27)21-18-9-7-15(14-5-3-2-4-6-14)12-20(18)29-22(21)25-13-16-11-17(24)8-10-19(16)26/h2-6,8,10-11,13,15,26H,7,9,12H2,1H3/b25-13+. The Balaban J connectivity index is 1.70. The van der Waals surface area contributed by atoms with Crippen LogP contribution in [0.1, 0.15) is 44.3 Å². The van der Waals surface area contributed by atoms with E-state index in [4.69, 9.17) is 4.74 Å². The Morgan fingerprint density at radius 3 is 2.83 bits per heavy atom. The molecular weight excluding hydrogens is 450 g/mol. The number of carbonyl (C=O) groups excluding carboxylic acids is 1. The zero-order chi connectivity index (χ0) is 20.4. The highest BCUT2D eigenvalue weighted by molar-refractivity contribution is 9.10. The molecule has 6 heteroatoms. The van der Waals surface area contributed by atoms with Gasteiger partial charge in [-0.05, 0) is 54.5 Å². The minimum Gasteiger partial charge on any atom is -0.507 e. The van der Waals surface area contributed by atoms with Gasteiger partial charge in [0.05, 0.1) is 12.7 Å². The van der Waals surface area contributed by atoms with E-state index < -0.39 is 0 Å². The SMILES string of the molecule is COC(=O)c1c(/N=C/c2cc(Br)ccc2O)sc2c1CCC(c1ccccc1)C2. The summed E-state index contributed by atoms with van der Waals surface area (Å²) in [5.41, 5.74) is 3.53. The molecule has 0 amide bonds. The van der Waals surface area contributed by atoms with Crippen LogP contribution in [-0.4, -0.2) is 24.4 Å². The number of aromatic hydroxyl groups is 1. The molecule has 1 N–H and O–H groups in total. The summed E-state index contributed by atoms with van der Waals surface area (Å²) in [6.45, 7) is 0. The van der Waals surface area contributed by atoms with E-state index in [-0.39, 0.29) is 11.7 Å². The fraction of sp³-hybridized carbons (Fsp3) is 0.217. The summed E-state index contributed by atoms with van der Waals surface area (Å²) in [7, 11) is 1.40. The molecule has 0 saturated carbocycles. The smallest absolute Gasteiger partial charge is 0.341 e. The van der Waals surface area contributed by atoms with Gasteiger partial charge in [0.15, 0.2) is 0 Å². The van der Waals surface area contributed by atoms with Crippen LogP contribution in [0.2, 0.25) is 0 Å². The van der Waals surface area contributed by atoms with Gasteiger partial charge < -0.3 is 9.84 Å². The summed E-state index contributed by atoms with van der Waals surface area (Å²) in [6, 6.07) is 15.7. The van der Waals surface area contributed by atoms with Crippen LogP contribution in [0.4, 0.5) is 5.00 Å². The number of benzene rings is 2. The van der Waals surface area contributed by atoms with E-state index >= 15 is 0 Å². The van der Waals surface area contributed by atoms with E-state index in [1.165, 1.54) is 17.6 Å². The number of phenolic OH excluding ortho intramolecular Hbond substituents is 1. The normalized spacial score (nSPS) is 16.0. The van der Waals surface area contributed by atoms with Crippen LogP contribution < -0.4 is 0 Å². The molecule has 4 nitrogen and oxygen atoms in total. The Morgan fingerprint density at radius 2 is 2.07 bits per heavy atom. The van der Waals surface area contributed by atoms with Crippen molar-refractivity contribution in [2.45, 2.75) is 25.2 Å². The van der Waals surface area contributed by atoms with E-state index in [1.54, 1.807) is 35.8 Å². The average Bonchev–Trinajstić information content (AvgIpc) is 3.12. The highest BCUT2D eigenvalue weighted by Crippen LogP contribution is 2.44. The lowest BCUT2D eigenvalue weighted by Gasteiger charge is -2.22. The van der Waals surface area contributed by atoms with E-state index in [1.807, 2.05) is 6.07 Å². The number of nitrogens with zero attached hydrogens (tertiary/aromatic N) is 1. The third-order valence-corrected chi connectivity index (χ3v) is 6.87. The summed E-state index contributed by atoms with van der Waals surface area (Å²) in [4.78, 5) is 18.3. The van der Waals surface area contributed by atoms with Gasteiger partial charge in [0.1, 0.15) is 10.8 Å². The van der Waals surface area contributed by atoms with Gasteiger partial charge in [0, 0.05) is 21.1 Å². The fourth-order valence-electron chi connectivity index (χ4n) is 3.74. The first-order valence-electron chi connectivity index (χ1n) is 9.37. The third-order valence-electron chi connectivity index (χ3n) is 5.22. The molecule has 0 fully saturated rings. The number of halogens is 1. The molecule has 29 heavy (non-hydrogen) atoms. The monoisotopic (exact) mass is 469 g/mol. The van der Waals surface area contributed by atoms with Gasteiger partial charge in [0.2, 0.25) is 0 Å². The highest BCUT2D eigenvalue weighted by atomic mass is 79.9. The number of carbonyl (C=O) groups is 1. The second-order valence-electron chi connectivity index (χ2n) is 6.99. The van der Waals surface area contributed by atoms with Gasteiger partial charge >= 0.3 is 5.97 Å². The van der Waals surface area contributed by atoms with E-state index in [0.717, 1.165) is 29.3 Å². The number of phenols is 1. The topological polar surface area (TPSA) is 58.9 Å². The second kappa shape index (κ2) is 8.51. The zero-order valence-corrected chi connectivity index (χ0v) is 18.3. The maximum atomic E-state index is 12.5. The average molecular weight is 470 g/mol. The first-order valence-corrected chi connectivity index (χ1v) is 11.0. The number of esters is 1. The lowest BCUT2D eigenvalue weighted by atomic mass is 9.83. The first kappa shape index (κ1) is 19.9. The summed E-state index contributed by atoms with van der Waals surface area (Å²) >= 11 is 4.94. The van der Waals surface area contributed by atoms with Gasteiger partial charge in [-0.1, -0.05) is 46.3 Å². The van der Waals surface area contributed by atoms with Crippen LogP contribution in [0, 0.1) is 0 Å². The molecule has 1 aliphatic rings. The van der Waals surface area contributed by atoms with Crippen LogP contribution in [0.5, 0.6) is 5.75 Å². The van der Waals surface area contributed by atoms with E-state index in [2.05, 4.69) is 45.2 Å². The maximum Gasteiger partial charge on any atom is 0.341 e. The number of aliphatic imine (C=N–C) groups is 1. The van der Waals surface area contributed by atoms with Crippen molar-refractivity contribution in [1.29, 1.82) is 0 Å². The van der Waals surface area contributed by atoms with Gasteiger partial charge in [-0.25, -0.2) is 9.79 Å². The Kier molecular flexibility index (Phi) is 5.83. The number of methoxy groups -OCH3 is 1. The van der Waals surface area contributed by atoms with Gasteiger partial charge in [-0.2, -0.15) is 0 Å². The summed E-state index contributed by atoms with van der Waals surface area (Å²) in [5, 5.41) is 10.7. The molecule has 4 rings (SSSR count). The summed E-state index contributed by atoms with van der Waals surface area (Å²) in [5.74, 6) is 0.229. The van der Waals surface area contributed by atoms with Crippen LogP contribution in [-0.2, 0) is 17.6 Å². The Bertz CT molecular complexity index is 1080. The summed E-state index contributed by atoms with van der Waals surface area (Å²) < 4.78 is 5.89. The molecule has 0 bridgehead atoms. The quantitative estimate of drug-likeness (QED) is 0.375. The summed E-state index contributed by atoms with van der Waals surface area (Å²) in [6.07, 6.45) is 4.31. The van der Waals surface area contributed by atoms with Gasteiger partial charge in [-0.3, -0.25) is 0 Å². The molecule has 0 saturated heterocycles. The van der Waals surface area contributed by atoms with Crippen LogP contribution in [0.25, 0.3) is 0 Å². The first-order chi connectivity index (χ1) is 14.1. The molecule has 1 aromatic heterocycles. The van der Waals surface area contributed by atoms with E-state index in [0.29, 0.717) is 22.0 Å². The third kappa shape index (κ3) is 4.14. The Hall–Kier alpha value is -2.44. The zero-order valence-electron chi connectivity index (χ0n) is 15.9. The van der Waals surface area contributed by atoms with Crippen molar-refractivity contribution in [3.8, 4) is 5.75 Å². The van der Waals surface area contributed by atoms with Gasteiger partial charge in [0.25, 0.3) is 0 Å². The van der Waals surface area contributed by atoms with Crippen molar-refractivity contribution in [2.24, 2.45) is 4.99 Å². The van der Waals surface area contributed by atoms with Crippen molar-refractivity contribution in [2.75, 3.05) is 7.11 Å². The molecule has 0 spiro atoms. The molecule has 1 aliphatic carbocycles. The molecule has 0 radical (unpaired) electrons. The fourth-order valence-corrected chi connectivity index (χ4v) is 5.38. The Morgan fingerprint density at radius 1 is 1.28 bits per heavy atom. The Labute approximate surface area is 182 Å². The lowest BCUT2D eigenvalue weighted by molar-refractivity contribution is 0.0600. The molecule has 1 heterocycles. The minimum absolute atomic E-state index is 0.141. The van der Waals surface area contributed by atoms with Crippen molar-refractivity contribution in [3.05, 3.63) is 80.1 Å². The van der Waals surface area contributed by atoms with Gasteiger partial charge in [-0.15, -0.1) is 11.3 Å². The van der Waals surface area contributed by atoms with Crippen molar-refractivity contribution < 1.29 is 14.6 Å². The van der Waals surface area contributed by atoms with Crippen molar-refractivity contribution in [3.63, 3.8) is 0 Å². The molecular formula is C23H20BrNO3S. The lowest BCUT2D eigenvalue weighted by Crippen LogP contribution is -2.13. The maximum absolute atomic E-state index is 12.5. The molecule has 2 aromatic carbocycles. The number of thiophene rings is 1. The number of rotatable bonds is 4. The molecule has 3 aromatic rings. The number of fused-ring (bicyclic) bond motifs is 1. The number of hydrogen-bond acceptors (Lipinski definition) is 5. The van der Waals surface area contributed by atoms with Crippen molar-refractivity contribution >= 4 is 44.5 Å². The number of ether oxygens (including phenoxy) is 1. The minimum atomic E-state index is -0.355. The van der Waals surface area contributed by atoms with Crippen LogP contribution in [0.3, 0.4) is 0 Å². The number of hydrogen-bond donors (Lipinski definition) is 1. The van der Waals surface area contributed by atoms with Crippen LogP contribution >= 0.6 is 27.3 Å².